The van der Waals surface area contributed by atoms with Gasteiger partial charge in [-0.2, -0.15) is 4.98 Å². The van der Waals surface area contributed by atoms with Gasteiger partial charge in [0.05, 0.1) is 22.1 Å². The normalized spacial score (nSPS) is 11.9. The Hall–Kier alpha value is -7.56. The average Bonchev–Trinajstić information content (AvgIpc) is 3.82. The second kappa shape index (κ2) is 12.0. The molecule has 9 aromatic carbocycles. The second-order valence-corrected chi connectivity index (χ2v) is 14.6. The topological polar surface area (TPSA) is 43.9 Å². The molecule has 4 heteroatoms. The van der Waals surface area contributed by atoms with Gasteiger partial charge < -0.3 is 4.42 Å². The molecule has 3 aromatic heterocycles. The van der Waals surface area contributed by atoms with Crippen LogP contribution in [-0.4, -0.2) is 14.5 Å². The average molecular weight is 714 g/mol. The fourth-order valence-electron chi connectivity index (χ4n) is 8.74. The number of nitrogens with zero attached hydrogens (tertiary/aromatic N) is 3. The van der Waals surface area contributed by atoms with E-state index in [1.165, 1.54) is 48.8 Å². The highest BCUT2D eigenvalue weighted by Crippen LogP contribution is 2.42. The van der Waals surface area contributed by atoms with Gasteiger partial charge in [-0.05, 0) is 84.9 Å². The molecule has 0 aliphatic carbocycles. The third-order valence-corrected chi connectivity index (χ3v) is 11.4. The van der Waals surface area contributed by atoms with E-state index in [2.05, 4.69) is 187 Å². The summed E-state index contributed by atoms with van der Waals surface area (Å²) in [4.78, 5) is 10.8. The summed E-state index contributed by atoms with van der Waals surface area (Å²) in [6.45, 7) is 0. The van der Waals surface area contributed by atoms with Crippen molar-refractivity contribution in [1.82, 2.24) is 14.5 Å². The van der Waals surface area contributed by atoms with E-state index in [4.69, 9.17) is 14.4 Å². The van der Waals surface area contributed by atoms with E-state index < -0.39 is 0 Å². The lowest BCUT2D eigenvalue weighted by molar-refractivity contribution is 0.651. The highest BCUT2D eigenvalue weighted by atomic mass is 16.3. The maximum Gasteiger partial charge on any atom is 0.238 e. The number of benzene rings is 9. The van der Waals surface area contributed by atoms with E-state index in [0.29, 0.717) is 11.7 Å². The molecule has 0 radical (unpaired) electrons. The molecule has 0 bridgehead atoms. The first-order chi connectivity index (χ1) is 27.7. The first-order valence-electron chi connectivity index (χ1n) is 19.0. The molecule has 0 spiro atoms. The number of fused-ring (bicyclic) bond motifs is 11. The standard InChI is InChI=1S/C52H31N3O/c1-2-10-32(11-3-1)34-18-20-35(21-19-34)39-24-27-43-46(31-39)56-51-49(43)50(40-23-22-33-12-4-5-15-38(33)30-40)53-52(54-51)55-44-28-25-36-13-6-8-16-41(36)47(44)48-42-17-9-7-14-37(42)26-29-45(48)55/h1-31H. The van der Waals surface area contributed by atoms with Crippen molar-refractivity contribution in [3.05, 3.63) is 188 Å². The first kappa shape index (κ1) is 30.9. The van der Waals surface area contributed by atoms with E-state index >= 15 is 0 Å². The van der Waals surface area contributed by atoms with E-state index in [0.717, 1.165) is 55.2 Å². The molecule has 56 heavy (non-hydrogen) atoms. The zero-order valence-corrected chi connectivity index (χ0v) is 30.1. The highest BCUT2D eigenvalue weighted by Gasteiger charge is 2.23. The number of hydrogen-bond acceptors (Lipinski definition) is 3. The van der Waals surface area contributed by atoms with Crippen LogP contribution < -0.4 is 0 Å². The Morgan fingerprint density at radius 1 is 0.357 bits per heavy atom. The third-order valence-electron chi connectivity index (χ3n) is 11.4. The molecular weight excluding hydrogens is 683 g/mol. The smallest absolute Gasteiger partial charge is 0.238 e. The zero-order chi connectivity index (χ0) is 36.7. The van der Waals surface area contributed by atoms with Crippen LogP contribution in [0.25, 0.3) is 116 Å². The molecule has 3 heterocycles. The summed E-state index contributed by atoms with van der Waals surface area (Å²) in [6, 6.07) is 66.8. The minimum Gasteiger partial charge on any atom is -0.437 e. The number of rotatable bonds is 4. The lowest BCUT2D eigenvalue weighted by atomic mass is 9.99. The summed E-state index contributed by atoms with van der Waals surface area (Å²) in [5.41, 5.74) is 9.88. The Morgan fingerprint density at radius 3 is 1.59 bits per heavy atom. The van der Waals surface area contributed by atoms with E-state index in [1.54, 1.807) is 0 Å². The van der Waals surface area contributed by atoms with Gasteiger partial charge in [0.1, 0.15) is 5.58 Å². The SMILES string of the molecule is c1ccc(-c2ccc(-c3ccc4c(c3)oc3nc(-n5c6ccc7ccccc7c6c6c7ccccc7ccc65)nc(-c5ccc6ccccc6c5)c34)cc2)cc1. The van der Waals surface area contributed by atoms with Crippen LogP contribution in [0.1, 0.15) is 0 Å². The van der Waals surface area contributed by atoms with Crippen LogP contribution in [0.15, 0.2) is 192 Å². The van der Waals surface area contributed by atoms with E-state index in [9.17, 15) is 0 Å². The molecule has 12 rings (SSSR count). The Balaban J connectivity index is 1.13. The second-order valence-electron chi connectivity index (χ2n) is 14.6. The van der Waals surface area contributed by atoms with Crippen molar-refractivity contribution < 1.29 is 4.42 Å². The van der Waals surface area contributed by atoms with Crippen molar-refractivity contribution in [2.45, 2.75) is 0 Å². The Kier molecular flexibility index (Phi) is 6.60. The minimum atomic E-state index is 0.557. The Morgan fingerprint density at radius 2 is 0.893 bits per heavy atom. The Labute approximate surface area is 321 Å². The van der Waals surface area contributed by atoms with Crippen LogP contribution in [0.3, 0.4) is 0 Å². The molecule has 0 aliphatic rings. The van der Waals surface area contributed by atoms with Crippen LogP contribution in [0, 0.1) is 0 Å². The summed E-state index contributed by atoms with van der Waals surface area (Å²) in [5.74, 6) is 0.571. The van der Waals surface area contributed by atoms with Gasteiger partial charge in [-0.3, -0.25) is 4.57 Å². The predicted molar refractivity (Wildman–Crippen MR) is 232 cm³/mol. The number of hydrogen-bond donors (Lipinski definition) is 0. The van der Waals surface area contributed by atoms with Gasteiger partial charge in [-0.15, -0.1) is 0 Å². The van der Waals surface area contributed by atoms with Gasteiger partial charge in [0, 0.05) is 21.7 Å². The summed E-state index contributed by atoms with van der Waals surface area (Å²) >= 11 is 0. The predicted octanol–water partition coefficient (Wildman–Crippen LogP) is 13.9. The van der Waals surface area contributed by atoms with Crippen molar-refractivity contribution in [3.8, 4) is 39.5 Å². The molecule has 0 fully saturated rings. The quantitative estimate of drug-likeness (QED) is 0.182. The van der Waals surface area contributed by atoms with Crippen molar-refractivity contribution in [1.29, 1.82) is 0 Å². The van der Waals surface area contributed by atoms with Crippen molar-refractivity contribution in [2.24, 2.45) is 0 Å². The first-order valence-corrected chi connectivity index (χ1v) is 19.0. The van der Waals surface area contributed by atoms with E-state index in [1.807, 2.05) is 6.07 Å². The molecular formula is C52H31N3O. The number of aromatic nitrogens is 3. The zero-order valence-electron chi connectivity index (χ0n) is 30.1. The van der Waals surface area contributed by atoms with E-state index in [-0.39, 0.29) is 0 Å². The van der Waals surface area contributed by atoms with Crippen LogP contribution in [0.2, 0.25) is 0 Å². The lowest BCUT2D eigenvalue weighted by Gasteiger charge is -2.11. The monoisotopic (exact) mass is 713 g/mol. The molecule has 4 nitrogen and oxygen atoms in total. The summed E-state index contributed by atoms with van der Waals surface area (Å²) in [5, 5.41) is 11.4. The van der Waals surface area contributed by atoms with Crippen molar-refractivity contribution in [3.63, 3.8) is 0 Å². The largest absolute Gasteiger partial charge is 0.437 e. The van der Waals surface area contributed by atoms with Gasteiger partial charge in [0.2, 0.25) is 11.7 Å². The lowest BCUT2D eigenvalue weighted by Crippen LogP contribution is -2.03. The minimum absolute atomic E-state index is 0.557. The van der Waals surface area contributed by atoms with Crippen LogP contribution >= 0.6 is 0 Å². The maximum absolute atomic E-state index is 6.80. The molecule has 0 saturated carbocycles. The van der Waals surface area contributed by atoms with Crippen LogP contribution in [0.4, 0.5) is 0 Å². The molecule has 260 valence electrons. The third kappa shape index (κ3) is 4.66. The molecule has 0 N–H and O–H groups in total. The Bertz CT molecular complexity index is 3430. The van der Waals surface area contributed by atoms with Crippen LogP contribution in [-0.2, 0) is 0 Å². The fourth-order valence-corrected chi connectivity index (χ4v) is 8.74. The molecule has 0 atom stereocenters. The maximum atomic E-state index is 6.80. The van der Waals surface area contributed by atoms with Gasteiger partial charge in [0.25, 0.3) is 0 Å². The molecule has 0 aliphatic heterocycles. The summed E-state index contributed by atoms with van der Waals surface area (Å²) < 4.78 is 9.02. The van der Waals surface area contributed by atoms with Crippen molar-refractivity contribution in [2.75, 3.05) is 0 Å². The molecule has 0 unspecified atom stereocenters. The van der Waals surface area contributed by atoms with Gasteiger partial charge in [0.15, 0.2) is 0 Å². The van der Waals surface area contributed by atoms with Gasteiger partial charge in [-0.25, -0.2) is 4.98 Å². The molecule has 0 amide bonds. The highest BCUT2D eigenvalue weighted by molar-refractivity contribution is 6.28. The fraction of sp³-hybridized carbons (Fsp3) is 0. The number of furan rings is 1. The van der Waals surface area contributed by atoms with Gasteiger partial charge in [-0.1, -0.05) is 158 Å². The summed E-state index contributed by atoms with van der Waals surface area (Å²) in [6.07, 6.45) is 0. The summed E-state index contributed by atoms with van der Waals surface area (Å²) in [7, 11) is 0. The molecule has 0 saturated heterocycles. The molecule has 12 aromatic rings. The van der Waals surface area contributed by atoms with Crippen molar-refractivity contribution >= 4 is 76.2 Å². The van der Waals surface area contributed by atoms with Crippen LogP contribution in [0.5, 0.6) is 0 Å². The van der Waals surface area contributed by atoms with Gasteiger partial charge >= 0.3 is 0 Å².